The monoisotopic (exact) mass is 340 g/mol. The lowest BCUT2D eigenvalue weighted by molar-refractivity contribution is 0.936. The largest absolute Gasteiger partial charge is 0.358 e. The summed E-state index contributed by atoms with van der Waals surface area (Å²) in [4.78, 5) is 3.59. The van der Waals surface area contributed by atoms with Crippen molar-refractivity contribution in [3.8, 4) is 22.3 Å². The van der Waals surface area contributed by atoms with Crippen molar-refractivity contribution in [2.45, 2.75) is 19.8 Å². The van der Waals surface area contributed by atoms with E-state index in [0.717, 1.165) is 12.8 Å². The van der Waals surface area contributed by atoms with Crippen LogP contribution in [0.2, 0.25) is 0 Å². The van der Waals surface area contributed by atoms with Gasteiger partial charge in [0, 0.05) is 16.6 Å². The van der Waals surface area contributed by atoms with Gasteiger partial charge in [-0.25, -0.2) is 0 Å². The number of hydrogen-bond acceptors (Lipinski definition) is 1. The Morgan fingerprint density at radius 3 is 2.15 bits per heavy atom. The van der Waals surface area contributed by atoms with E-state index < -0.39 is 0 Å². The molecule has 0 aliphatic heterocycles. The molecule has 0 bridgehead atoms. The Kier molecular flexibility index (Phi) is 4.59. The van der Waals surface area contributed by atoms with Crippen LogP contribution in [0.3, 0.4) is 0 Å². The third-order valence-electron chi connectivity index (χ3n) is 5.07. The summed E-state index contributed by atoms with van der Waals surface area (Å²) < 4.78 is 0. The summed E-state index contributed by atoms with van der Waals surface area (Å²) in [5, 5.41) is 1.32. The second-order valence-corrected chi connectivity index (χ2v) is 6.65. The van der Waals surface area contributed by atoms with Crippen LogP contribution in [0.15, 0.2) is 72.8 Å². The van der Waals surface area contributed by atoms with Crippen molar-refractivity contribution in [2.75, 3.05) is 6.54 Å². The van der Waals surface area contributed by atoms with Crippen LogP contribution < -0.4 is 5.73 Å². The molecule has 0 radical (unpaired) electrons. The van der Waals surface area contributed by atoms with Gasteiger partial charge in [0.2, 0.25) is 0 Å². The maximum atomic E-state index is 5.89. The van der Waals surface area contributed by atoms with Crippen LogP contribution >= 0.6 is 0 Å². The van der Waals surface area contributed by atoms with Crippen molar-refractivity contribution in [3.63, 3.8) is 0 Å². The first-order valence-electron chi connectivity index (χ1n) is 9.30. The molecule has 0 spiro atoms. The summed E-state index contributed by atoms with van der Waals surface area (Å²) in [6.45, 7) is 2.86. The van der Waals surface area contributed by atoms with Crippen molar-refractivity contribution >= 4 is 10.9 Å². The number of H-pyrrole nitrogens is 1. The number of nitrogens with two attached hydrogens (primary N) is 1. The van der Waals surface area contributed by atoms with Gasteiger partial charge in [-0.3, -0.25) is 0 Å². The summed E-state index contributed by atoms with van der Waals surface area (Å²) in [5.74, 6) is 0. The van der Waals surface area contributed by atoms with E-state index in [1.54, 1.807) is 0 Å². The van der Waals surface area contributed by atoms with Crippen LogP contribution in [0.5, 0.6) is 0 Å². The number of fused-ring (bicyclic) bond motifs is 1. The standard InChI is InChI=1S/C24H24N2/c1-2-22-21(15-16-25)24-20(9-6-10-23(24)26-22)19-13-11-18(12-14-19)17-7-4-3-5-8-17/h3-14,26H,2,15-16,25H2,1H3. The molecule has 3 aromatic carbocycles. The molecule has 0 amide bonds. The molecule has 0 aliphatic carbocycles. The second kappa shape index (κ2) is 7.19. The van der Waals surface area contributed by atoms with Crippen molar-refractivity contribution in [2.24, 2.45) is 5.73 Å². The smallest absolute Gasteiger partial charge is 0.0465 e. The van der Waals surface area contributed by atoms with Gasteiger partial charge in [0.25, 0.3) is 0 Å². The molecule has 2 nitrogen and oxygen atoms in total. The van der Waals surface area contributed by atoms with E-state index in [9.17, 15) is 0 Å². The minimum atomic E-state index is 0.668. The van der Waals surface area contributed by atoms with Gasteiger partial charge in [0.05, 0.1) is 0 Å². The van der Waals surface area contributed by atoms with Gasteiger partial charge in [-0.2, -0.15) is 0 Å². The van der Waals surface area contributed by atoms with Crippen LogP contribution in [-0.2, 0) is 12.8 Å². The number of aromatic nitrogens is 1. The zero-order valence-electron chi connectivity index (χ0n) is 15.1. The average Bonchev–Trinajstić information content (AvgIpc) is 3.07. The highest BCUT2D eigenvalue weighted by molar-refractivity contribution is 5.98. The summed E-state index contributed by atoms with van der Waals surface area (Å²) in [6.07, 6.45) is 1.90. The van der Waals surface area contributed by atoms with E-state index in [2.05, 4.69) is 84.7 Å². The normalized spacial score (nSPS) is 11.2. The van der Waals surface area contributed by atoms with Gasteiger partial charge >= 0.3 is 0 Å². The number of aromatic amines is 1. The molecule has 4 aromatic rings. The van der Waals surface area contributed by atoms with Gasteiger partial charge in [0.1, 0.15) is 0 Å². The molecule has 0 unspecified atom stereocenters. The van der Waals surface area contributed by atoms with Gasteiger partial charge in [0.15, 0.2) is 0 Å². The molecule has 2 heteroatoms. The number of hydrogen-bond donors (Lipinski definition) is 2. The van der Waals surface area contributed by atoms with Crippen LogP contribution in [0.4, 0.5) is 0 Å². The first-order valence-corrected chi connectivity index (χ1v) is 9.30. The summed E-state index contributed by atoms with van der Waals surface area (Å²) >= 11 is 0. The third kappa shape index (κ3) is 2.93. The second-order valence-electron chi connectivity index (χ2n) is 6.65. The van der Waals surface area contributed by atoms with Crippen LogP contribution in [0, 0.1) is 0 Å². The highest BCUT2D eigenvalue weighted by Gasteiger charge is 2.14. The minimum Gasteiger partial charge on any atom is -0.358 e. The lowest BCUT2D eigenvalue weighted by Gasteiger charge is -2.09. The van der Waals surface area contributed by atoms with Crippen molar-refractivity contribution in [3.05, 3.63) is 84.1 Å². The highest BCUT2D eigenvalue weighted by Crippen LogP contribution is 2.34. The fourth-order valence-electron chi connectivity index (χ4n) is 3.81. The Hall–Kier alpha value is -2.84. The maximum absolute atomic E-state index is 5.89. The summed E-state index contributed by atoms with van der Waals surface area (Å²) in [6, 6.07) is 25.9. The number of rotatable bonds is 5. The molecule has 26 heavy (non-hydrogen) atoms. The van der Waals surface area contributed by atoms with E-state index in [-0.39, 0.29) is 0 Å². The Bertz CT molecular complexity index is 1010. The van der Waals surface area contributed by atoms with Gasteiger partial charge in [-0.1, -0.05) is 73.7 Å². The quantitative estimate of drug-likeness (QED) is 0.490. The van der Waals surface area contributed by atoms with Gasteiger partial charge < -0.3 is 10.7 Å². The minimum absolute atomic E-state index is 0.668. The molecule has 0 saturated carbocycles. The van der Waals surface area contributed by atoms with E-state index in [1.165, 1.54) is 44.4 Å². The molecular formula is C24H24N2. The molecule has 0 aliphatic rings. The fraction of sp³-hybridized carbons (Fsp3) is 0.167. The van der Waals surface area contributed by atoms with Crippen molar-refractivity contribution in [1.82, 2.24) is 4.98 Å². The first-order chi connectivity index (χ1) is 12.8. The highest BCUT2D eigenvalue weighted by atomic mass is 14.7. The van der Waals surface area contributed by atoms with Crippen LogP contribution in [-0.4, -0.2) is 11.5 Å². The van der Waals surface area contributed by atoms with Crippen LogP contribution in [0.1, 0.15) is 18.2 Å². The van der Waals surface area contributed by atoms with E-state index in [4.69, 9.17) is 5.73 Å². The molecule has 1 aromatic heterocycles. The molecular weight excluding hydrogens is 316 g/mol. The molecule has 3 N–H and O–H groups in total. The fourth-order valence-corrected chi connectivity index (χ4v) is 3.81. The first kappa shape index (κ1) is 16.6. The molecule has 0 saturated heterocycles. The zero-order valence-corrected chi connectivity index (χ0v) is 15.1. The van der Waals surface area contributed by atoms with Gasteiger partial charge in [-0.05, 0) is 53.3 Å². The van der Waals surface area contributed by atoms with E-state index >= 15 is 0 Å². The molecule has 0 atom stereocenters. The Morgan fingerprint density at radius 2 is 1.46 bits per heavy atom. The predicted molar refractivity (Wildman–Crippen MR) is 111 cm³/mol. The van der Waals surface area contributed by atoms with E-state index in [1.807, 2.05) is 0 Å². The lowest BCUT2D eigenvalue weighted by Crippen LogP contribution is -2.04. The SMILES string of the molecule is CCc1[nH]c2cccc(-c3ccc(-c4ccccc4)cc3)c2c1CCN. The predicted octanol–water partition coefficient (Wildman–Crippen LogP) is 5.57. The number of aryl methyl sites for hydroxylation is 1. The molecule has 1 heterocycles. The molecule has 130 valence electrons. The Labute approximate surface area is 154 Å². The molecule has 4 rings (SSSR count). The number of benzene rings is 3. The zero-order chi connectivity index (χ0) is 17.9. The van der Waals surface area contributed by atoms with Crippen molar-refractivity contribution in [1.29, 1.82) is 0 Å². The van der Waals surface area contributed by atoms with Gasteiger partial charge in [-0.15, -0.1) is 0 Å². The Morgan fingerprint density at radius 1 is 0.769 bits per heavy atom. The third-order valence-corrected chi connectivity index (χ3v) is 5.07. The van der Waals surface area contributed by atoms with Crippen LogP contribution in [0.25, 0.3) is 33.2 Å². The Balaban J connectivity index is 1.83. The maximum Gasteiger partial charge on any atom is 0.0465 e. The topological polar surface area (TPSA) is 41.8 Å². The molecule has 0 fully saturated rings. The summed E-state index contributed by atoms with van der Waals surface area (Å²) in [7, 11) is 0. The lowest BCUT2D eigenvalue weighted by atomic mass is 9.95. The summed E-state index contributed by atoms with van der Waals surface area (Å²) in [5.41, 5.74) is 14.8. The van der Waals surface area contributed by atoms with E-state index in [0.29, 0.717) is 6.54 Å². The number of nitrogens with one attached hydrogen (secondary N) is 1. The average molecular weight is 340 g/mol. The van der Waals surface area contributed by atoms with Crippen molar-refractivity contribution < 1.29 is 0 Å².